The number of aromatic amines is 1. The fourth-order valence-corrected chi connectivity index (χ4v) is 3.84. The number of H-pyrrole nitrogens is 1. The van der Waals surface area contributed by atoms with E-state index in [0.717, 1.165) is 42.8 Å². The third-order valence-electron chi connectivity index (χ3n) is 4.98. The van der Waals surface area contributed by atoms with Gasteiger partial charge in [0.2, 0.25) is 0 Å². The van der Waals surface area contributed by atoms with Gasteiger partial charge in [0.05, 0.1) is 34.3 Å². The molecule has 0 bridgehead atoms. The molecule has 0 aliphatic carbocycles. The van der Waals surface area contributed by atoms with Crippen LogP contribution in [0.3, 0.4) is 0 Å². The second-order valence-electron chi connectivity index (χ2n) is 6.55. The van der Waals surface area contributed by atoms with Gasteiger partial charge in [0, 0.05) is 32.1 Å². The number of amides is 2. The lowest BCUT2D eigenvalue weighted by Crippen LogP contribution is -2.50. The number of nitrogens with one attached hydrogen (secondary N) is 1. The van der Waals surface area contributed by atoms with Gasteiger partial charge in [-0.2, -0.15) is 0 Å². The Morgan fingerprint density at radius 1 is 1.08 bits per heavy atom. The number of carbonyl (C=O) groups excluding carboxylic acids is 1. The zero-order valence-electron chi connectivity index (χ0n) is 13.8. The van der Waals surface area contributed by atoms with E-state index in [0.29, 0.717) is 42.3 Å². The highest BCUT2D eigenvalue weighted by molar-refractivity contribution is 6.42. The average molecular weight is 383 g/mol. The second kappa shape index (κ2) is 7.02. The highest BCUT2D eigenvalue weighted by Crippen LogP contribution is 2.31. The fraction of sp³-hybridized carbons (Fsp3) is 0.529. The molecule has 2 aliphatic rings. The van der Waals surface area contributed by atoms with Crippen molar-refractivity contribution in [3.63, 3.8) is 0 Å². The molecule has 2 aromatic rings. The van der Waals surface area contributed by atoms with Gasteiger partial charge in [0.25, 0.3) is 0 Å². The first-order valence-corrected chi connectivity index (χ1v) is 9.33. The zero-order valence-corrected chi connectivity index (χ0v) is 15.3. The number of piperidine rings is 1. The molecule has 0 spiro atoms. The molecule has 1 aromatic carbocycles. The van der Waals surface area contributed by atoms with Crippen molar-refractivity contribution in [2.75, 3.05) is 39.4 Å². The number of rotatable bonds is 1. The van der Waals surface area contributed by atoms with Gasteiger partial charge in [-0.15, -0.1) is 0 Å². The summed E-state index contributed by atoms with van der Waals surface area (Å²) >= 11 is 12.1. The van der Waals surface area contributed by atoms with Crippen LogP contribution in [0.5, 0.6) is 0 Å². The smallest absolute Gasteiger partial charge is 0.320 e. The van der Waals surface area contributed by atoms with Crippen LogP contribution in [0.25, 0.3) is 11.0 Å². The number of benzene rings is 1. The van der Waals surface area contributed by atoms with Crippen LogP contribution in [0.4, 0.5) is 4.79 Å². The number of aromatic nitrogens is 2. The summed E-state index contributed by atoms with van der Waals surface area (Å²) in [5.41, 5.74) is 1.73. The van der Waals surface area contributed by atoms with Crippen molar-refractivity contribution in [3.05, 3.63) is 28.0 Å². The van der Waals surface area contributed by atoms with Crippen molar-refractivity contribution in [1.29, 1.82) is 0 Å². The summed E-state index contributed by atoms with van der Waals surface area (Å²) in [4.78, 5) is 24.4. The van der Waals surface area contributed by atoms with E-state index >= 15 is 0 Å². The second-order valence-corrected chi connectivity index (χ2v) is 7.36. The number of likely N-dealkylation sites (tertiary alicyclic amines) is 1. The summed E-state index contributed by atoms with van der Waals surface area (Å²) in [7, 11) is 0. The first kappa shape index (κ1) is 16.9. The molecule has 0 atom stereocenters. The summed E-state index contributed by atoms with van der Waals surface area (Å²) in [6, 6.07) is 3.73. The lowest BCUT2D eigenvalue weighted by molar-refractivity contribution is 0.0411. The highest BCUT2D eigenvalue weighted by atomic mass is 35.5. The van der Waals surface area contributed by atoms with Gasteiger partial charge in [0.15, 0.2) is 0 Å². The van der Waals surface area contributed by atoms with Crippen LogP contribution in [0, 0.1) is 0 Å². The van der Waals surface area contributed by atoms with Crippen molar-refractivity contribution in [3.8, 4) is 0 Å². The molecule has 2 amide bonds. The van der Waals surface area contributed by atoms with Gasteiger partial charge in [-0.3, -0.25) is 0 Å². The molecule has 1 aromatic heterocycles. The minimum Gasteiger partial charge on any atom is -0.378 e. The number of nitrogens with zero attached hydrogens (tertiary/aromatic N) is 3. The van der Waals surface area contributed by atoms with Crippen LogP contribution >= 0.6 is 23.2 Å². The van der Waals surface area contributed by atoms with Crippen molar-refractivity contribution in [2.45, 2.75) is 18.8 Å². The van der Waals surface area contributed by atoms with Crippen LogP contribution in [-0.4, -0.2) is 65.2 Å². The maximum atomic E-state index is 12.6. The highest BCUT2D eigenvalue weighted by Gasteiger charge is 2.29. The van der Waals surface area contributed by atoms with E-state index in [2.05, 4.69) is 9.97 Å². The number of imidazole rings is 1. The van der Waals surface area contributed by atoms with E-state index in [4.69, 9.17) is 27.9 Å². The lowest BCUT2D eigenvalue weighted by Gasteiger charge is -2.36. The van der Waals surface area contributed by atoms with E-state index < -0.39 is 0 Å². The van der Waals surface area contributed by atoms with Gasteiger partial charge in [0.1, 0.15) is 5.82 Å². The molecule has 2 aliphatic heterocycles. The third-order valence-corrected chi connectivity index (χ3v) is 5.70. The molecule has 134 valence electrons. The quantitative estimate of drug-likeness (QED) is 0.820. The maximum absolute atomic E-state index is 12.6. The topological polar surface area (TPSA) is 61.5 Å². The summed E-state index contributed by atoms with van der Waals surface area (Å²) in [5, 5.41) is 1.04. The largest absolute Gasteiger partial charge is 0.378 e. The Labute approximate surface area is 156 Å². The standard InChI is InChI=1S/C17H20Cl2N4O2/c18-12-9-14-15(10-13(12)19)21-16(20-14)11-1-3-22(4-2-11)17(24)23-5-7-25-8-6-23/h9-11H,1-8H2,(H,20,21). The first-order valence-electron chi connectivity index (χ1n) is 8.58. The Morgan fingerprint density at radius 2 is 1.72 bits per heavy atom. The van der Waals surface area contributed by atoms with Crippen LogP contribution in [0.1, 0.15) is 24.6 Å². The van der Waals surface area contributed by atoms with Gasteiger partial charge >= 0.3 is 6.03 Å². The summed E-state index contributed by atoms with van der Waals surface area (Å²) in [6.45, 7) is 4.13. The van der Waals surface area contributed by atoms with Crippen molar-refractivity contribution in [2.24, 2.45) is 0 Å². The molecule has 4 rings (SSSR count). The summed E-state index contributed by atoms with van der Waals surface area (Å²) in [6.07, 6.45) is 1.80. The Hall–Kier alpha value is -1.50. The molecule has 25 heavy (non-hydrogen) atoms. The van der Waals surface area contributed by atoms with Gasteiger partial charge in [-0.25, -0.2) is 9.78 Å². The van der Waals surface area contributed by atoms with Gasteiger partial charge < -0.3 is 19.5 Å². The van der Waals surface area contributed by atoms with E-state index in [1.54, 1.807) is 6.07 Å². The average Bonchev–Trinajstić information content (AvgIpc) is 3.05. The molecule has 1 N–H and O–H groups in total. The van der Waals surface area contributed by atoms with Gasteiger partial charge in [-0.1, -0.05) is 23.2 Å². The fourth-order valence-electron chi connectivity index (χ4n) is 3.52. The number of hydrogen-bond acceptors (Lipinski definition) is 3. The summed E-state index contributed by atoms with van der Waals surface area (Å²) < 4.78 is 5.31. The monoisotopic (exact) mass is 382 g/mol. The lowest BCUT2D eigenvalue weighted by atomic mass is 9.96. The Kier molecular flexibility index (Phi) is 4.75. The summed E-state index contributed by atoms with van der Waals surface area (Å²) in [5.74, 6) is 1.27. The molecule has 6 nitrogen and oxygen atoms in total. The maximum Gasteiger partial charge on any atom is 0.320 e. The molecule has 0 radical (unpaired) electrons. The van der Waals surface area contributed by atoms with Crippen LogP contribution < -0.4 is 0 Å². The zero-order chi connectivity index (χ0) is 17.4. The Bertz CT molecular complexity index is 741. The molecular weight excluding hydrogens is 363 g/mol. The number of halogens is 2. The van der Waals surface area contributed by atoms with Crippen molar-refractivity contribution < 1.29 is 9.53 Å². The SMILES string of the molecule is O=C(N1CCOCC1)N1CCC(c2nc3cc(Cl)c(Cl)cc3[nH]2)CC1. The van der Waals surface area contributed by atoms with Crippen molar-refractivity contribution >= 4 is 40.3 Å². The van der Waals surface area contributed by atoms with E-state index in [1.807, 2.05) is 15.9 Å². The predicted molar refractivity (Wildman–Crippen MR) is 97.4 cm³/mol. The molecule has 0 unspecified atom stereocenters. The Balaban J connectivity index is 1.42. The number of fused-ring (bicyclic) bond motifs is 1. The minimum atomic E-state index is 0.130. The number of morpholine rings is 1. The molecule has 2 saturated heterocycles. The number of carbonyl (C=O) groups is 1. The molecule has 3 heterocycles. The Morgan fingerprint density at radius 3 is 2.44 bits per heavy atom. The van der Waals surface area contributed by atoms with Crippen LogP contribution in [-0.2, 0) is 4.74 Å². The molecule has 8 heteroatoms. The molecule has 0 saturated carbocycles. The van der Waals surface area contributed by atoms with Crippen molar-refractivity contribution in [1.82, 2.24) is 19.8 Å². The molecule has 2 fully saturated rings. The van der Waals surface area contributed by atoms with E-state index in [1.165, 1.54) is 0 Å². The van der Waals surface area contributed by atoms with Crippen LogP contribution in [0.2, 0.25) is 10.0 Å². The number of hydrogen-bond donors (Lipinski definition) is 1. The normalized spacial score (nSPS) is 19.6. The van der Waals surface area contributed by atoms with Gasteiger partial charge in [-0.05, 0) is 25.0 Å². The van der Waals surface area contributed by atoms with E-state index in [-0.39, 0.29) is 6.03 Å². The first-order chi connectivity index (χ1) is 12.1. The third kappa shape index (κ3) is 3.43. The van der Waals surface area contributed by atoms with E-state index in [9.17, 15) is 4.79 Å². The van der Waals surface area contributed by atoms with Crippen LogP contribution in [0.15, 0.2) is 12.1 Å². The predicted octanol–water partition coefficient (Wildman–Crippen LogP) is 3.50. The number of ether oxygens (including phenoxy) is 1. The minimum absolute atomic E-state index is 0.130. The molecular formula is C17H20Cl2N4O2. The number of urea groups is 1.